The quantitative estimate of drug-likeness (QED) is 0.727. The third kappa shape index (κ3) is 5.21. The van der Waals surface area contributed by atoms with E-state index in [0.29, 0.717) is 19.4 Å². The summed E-state index contributed by atoms with van der Waals surface area (Å²) < 4.78 is 1.75. The maximum Gasteiger partial charge on any atom is 0.248 e. The van der Waals surface area contributed by atoms with Gasteiger partial charge in [-0.3, -0.25) is 14.3 Å². The van der Waals surface area contributed by atoms with Crippen molar-refractivity contribution in [2.75, 3.05) is 19.6 Å². The van der Waals surface area contributed by atoms with E-state index < -0.39 is 5.54 Å². The van der Waals surface area contributed by atoms with Gasteiger partial charge in [0.05, 0.1) is 0 Å². The topological polar surface area (TPSA) is 88.1 Å². The van der Waals surface area contributed by atoms with Crippen LogP contribution in [0.15, 0.2) is 18.5 Å². The lowest BCUT2D eigenvalue weighted by molar-refractivity contribution is -0.132. The van der Waals surface area contributed by atoms with Crippen molar-refractivity contribution in [3.8, 4) is 0 Å². The van der Waals surface area contributed by atoms with E-state index in [9.17, 15) is 9.59 Å². The predicted molar refractivity (Wildman–Crippen MR) is 95.1 cm³/mol. The molecule has 1 saturated heterocycles. The van der Waals surface area contributed by atoms with Gasteiger partial charge in [-0.1, -0.05) is 0 Å². The number of piperidine rings is 1. The highest BCUT2D eigenvalue weighted by molar-refractivity contribution is 5.85. The first kappa shape index (κ1) is 20.4. The molecular formula is C16H28ClN5O2. The van der Waals surface area contributed by atoms with Gasteiger partial charge in [-0.25, -0.2) is 0 Å². The minimum atomic E-state index is -0.657. The molecule has 1 aromatic rings. The maximum atomic E-state index is 12.8. The Labute approximate surface area is 149 Å². The molecule has 7 nitrogen and oxygen atoms in total. The smallest absolute Gasteiger partial charge is 0.248 e. The molecule has 2 amide bonds. The molecule has 0 atom stereocenters. The summed E-state index contributed by atoms with van der Waals surface area (Å²) in [4.78, 5) is 24.6. The van der Waals surface area contributed by atoms with Crippen LogP contribution in [0.4, 0.5) is 0 Å². The number of rotatable bonds is 5. The van der Waals surface area contributed by atoms with E-state index in [1.165, 1.54) is 0 Å². The largest absolute Gasteiger partial charge is 0.353 e. The molecule has 0 spiro atoms. The lowest BCUT2D eigenvalue weighted by Crippen LogP contribution is -2.55. The first-order valence-electron chi connectivity index (χ1n) is 8.14. The summed E-state index contributed by atoms with van der Waals surface area (Å²) in [5.74, 6) is -0.123. The number of amides is 2. The van der Waals surface area contributed by atoms with Crippen LogP contribution in [-0.2, 0) is 15.1 Å². The van der Waals surface area contributed by atoms with Gasteiger partial charge in [-0.2, -0.15) is 5.10 Å². The van der Waals surface area contributed by atoms with E-state index in [1.807, 2.05) is 33.0 Å². The van der Waals surface area contributed by atoms with Crippen molar-refractivity contribution in [2.24, 2.45) is 0 Å². The van der Waals surface area contributed by atoms with Gasteiger partial charge in [-0.15, -0.1) is 12.4 Å². The zero-order valence-electron chi connectivity index (χ0n) is 14.6. The fourth-order valence-electron chi connectivity index (χ4n) is 2.86. The molecule has 0 radical (unpaired) electrons. The molecule has 0 bridgehead atoms. The molecule has 2 rings (SSSR count). The van der Waals surface area contributed by atoms with Crippen LogP contribution in [0.25, 0.3) is 0 Å². The van der Waals surface area contributed by atoms with Crippen molar-refractivity contribution in [3.63, 3.8) is 0 Å². The Bertz CT molecular complexity index is 533. The Morgan fingerprint density at radius 2 is 1.96 bits per heavy atom. The predicted octanol–water partition coefficient (Wildman–Crippen LogP) is 0.805. The fourth-order valence-corrected chi connectivity index (χ4v) is 2.86. The number of carbonyl (C=O) groups is 2. The van der Waals surface area contributed by atoms with Crippen LogP contribution in [-0.4, -0.2) is 46.8 Å². The second-order valence-electron chi connectivity index (χ2n) is 7.04. The van der Waals surface area contributed by atoms with E-state index in [1.54, 1.807) is 10.9 Å². The van der Waals surface area contributed by atoms with Crippen LogP contribution in [0.3, 0.4) is 0 Å². The molecule has 2 heterocycles. The van der Waals surface area contributed by atoms with Crippen LogP contribution >= 0.6 is 12.4 Å². The summed E-state index contributed by atoms with van der Waals surface area (Å²) in [6, 6.07) is 1.83. The Morgan fingerprint density at radius 3 is 2.50 bits per heavy atom. The first-order valence-corrected chi connectivity index (χ1v) is 8.14. The zero-order chi connectivity index (χ0) is 16.9. The molecular weight excluding hydrogens is 330 g/mol. The van der Waals surface area contributed by atoms with E-state index >= 15 is 0 Å². The van der Waals surface area contributed by atoms with Crippen LogP contribution in [0.2, 0.25) is 0 Å². The number of halogens is 1. The van der Waals surface area contributed by atoms with Crippen molar-refractivity contribution in [2.45, 2.75) is 51.1 Å². The molecule has 1 aliphatic heterocycles. The SMILES string of the molecule is CC(C)(C)NC(=O)CCNC(=O)C1(n2cccn2)CCNCC1.Cl. The third-order valence-corrected chi connectivity index (χ3v) is 3.95. The molecule has 1 fully saturated rings. The minimum Gasteiger partial charge on any atom is -0.353 e. The number of carbonyl (C=O) groups excluding carboxylic acids is 2. The number of hydrogen-bond acceptors (Lipinski definition) is 4. The number of nitrogens with one attached hydrogen (secondary N) is 3. The van der Waals surface area contributed by atoms with Gasteiger partial charge >= 0.3 is 0 Å². The third-order valence-electron chi connectivity index (χ3n) is 3.95. The van der Waals surface area contributed by atoms with Crippen molar-refractivity contribution in [3.05, 3.63) is 18.5 Å². The van der Waals surface area contributed by atoms with Crippen LogP contribution in [0.1, 0.15) is 40.0 Å². The number of aromatic nitrogens is 2. The van der Waals surface area contributed by atoms with Crippen LogP contribution in [0.5, 0.6) is 0 Å². The summed E-state index contributed by atoms with van der Waals surface area (Å²) in [6.07, 6.45) is 5.17. The van der Waals surface area contributed by atoms with Gasteiger partial charge < -0.3 is 16.0 Å². The summed E-state index contributed by atoms with van der Waals surface area (Å²) >= 11 is 0. The summed E-state index contributed by atoms with van der Waals surface area (Å²) in [5.41, 5.74) is -0.915. The van der Waals surface area contributed by atoms with Gasteiger partial charge in [0.25, 0.3) is 0 Å². The zero-order valence-corrected chi connectivity index (χ0v) is 15.4. The highest BCUT2D eigenvalue weighted by atomic mass is 35.5. The Balaban J connectivity index is 0.00000288. The molecule has 0 aliphatic carbocycles. The second kappa shape index (κ2) is 8.48. The number of nitrogens with zero attached hydrogens (tertiary/aromatic N) is 2. The van der Waals surface area contributed by atoms with Gasteiger partial charge in [0.15, 0.2) is 0 Å². The monoisotopic (exact) mass is 357 g/mol. The van der Waals surface area contributed by atoms with Crippen LogP contribution in [0, 0.1) is 0 Å². The average molecular weight is 358 g/mol. The molecule has 24 heavy (non-hydrogen) atoms. The van der Waals surface area contributed by atoms with Gasteiger partial charge in [0, 0.05) is 30.9 Å². The Kier molecular flexibility index (Phi) is 7.23. The lowest BCUT2D eigenvalue weighted by Gasteiger charge is -2.36. The summed E-state index contributed by atoms with van der Waals surface area (Å²) in [7, 11) is 0. The van der Waals surface area contributed by atoms with Crippen molar-refractivity contribution in [1.82, 2.24) is 25.7 Å². The van der Waals surface area contributed by atoms with Gasteiger partial charge in [-0.05, 0) is 52.8 Å². The van der Waals surface area contributed by atoms with E-state index in [0.717, 1.165) is 13.1 Å². The standard InChI is InChI=1S/C16H27N5O2.ClH/c1-15(2,3)20-13(22)5-9-18-14(23)16(6-10-17-11-7-16)21-12-4-8-19-21;/h4,8,12,17H,5-7,9-11H2,1-3H3,(H,18,23)(H,20,22);1H. The normalized spacial score (nSPS) is 16.8. The lowest BCUT2D eigenvalue weighted by atomic mass is 9.87. The van der Waals surface area contributed by atoms with Crippen molar-refractivity contribution in [1.29, 1.82) is 0 Å². The molecule has 3 N–H and O–H groups in total. The highest BCUT2D eigenvalue weighted by Crippen LogP contribution is 2.27. The molecule has 0 unspecified atom stereocenters. The Morgan fingerprint density at radius 1 is 1.29 bits per heavy atom. The molecule has 1 aromatic heterocycles. The molecule has 136 valence electrons. The summed E-state index contributed by atoms with van der Waals surface area (Å²) in [5, 5.41) is 13.3. The number of hydrogen-bond donors (Lipinski definition) is 3. The molecule has 0 saturated carbocycles. The molecule has 8 heteroatoms. The van der Waals surface area contributed by atoms with Gasteiger partial charge in [0.1, 0.15) is 5.54 Å². The van der Waals surface area contributed by atoms with Crippen molar-refractivity contribution >= 4 is 24.2 Å². The van der Waals surface area contributed by atoms with E-state index in [2.05, 4.69) is 21.0 Å². The van der Waals surface area contributed by atoms with Crippen molar-refractivity contribution < 1.29 is 9.59 Å². The molecule has 0 aromatic carbocycles. The second-order valence-corrected chi connectivity index (χ2v) is 7.04. The van der Waals surface area contributed by atoms with Gasteiger partial charge in [0.2, 0.25) is 11.8 Å². The van der Waals surface area contributed by atoms with E-state index in [4.69, 9.17) is 0 Å². The van der Waals surface area contributed by atoms with Crippen LogP contribution < -0.4 is 16.0 Å². The highest BCUT2D eigenvalue weighted by Gasteiger charge is 2.41. The maximum absolute atomic E-state index is 12.8. The average Bonchev–Trinajstić information content (AvgIpc) is 3.00. The fraction of sp³-hybridized carbons (Fsp3) is 0.688. The summed E-state index contributed by atoms with van der Waals surface area (Å²) in [6.45, 7) is 7.69. The first-order chi connectivity index (χ1) is 10.8. The van der Waals surface area contributed by atoms with E-state index in [-0.39, 0.29) is 36.2 Å². The Hall–Kier alpha value is -1.60. The molecule has 1 aliphatic rings. The minimum absolute atomic E-state index is 0.